The van der Waals surface area contributed by atoms with Crippen LogP contribution in [-0.4, -0.2) is 54.3 Å². The van der Waals surface area contributed by atoms with Crippen LogP contribution in [0.1, 0.15) is 23.2 Å². The van der Waals surface area contributed by atoms with E-state index >= 15 is 0 Å². The molecule has 1 saturated heterocycles. The summed E-state index contributed by atoms with van der Waals surface area (Å²) in [5.74, 6) is -0.583. The lowest BCUT2D eigenvalue weighted by Crippen LogP contribution is -2.43. The van der Waals surface area contributed by atoms with E-state index in [2.05, 4.69) is 15.6 Å². The maximum absolute atomic E-state index is 12.4. The second-order valence-corrected chi connectivity index (χ2v) is 6.87. The molecule has 0 aliphatic carbocycles. The largest absolute Gasteiger partial charge is 0.497 e. The number of hydrogen-bond donors (Lipinski definition) is 2. The third-order valence-electron chi connectivity index (χ3n) is 4.91. The Morgan fingerprint density at radius 2 is 1.83 bits per heavy atom. The average Bonchev–Trinajstić information content (AvgIpc) is 2.78. The lowest BCUT2D eigenvalue weighted by Gasteiger charge is -2.32. The monoisotopic (exact) mass is 396 g/mol. The van der Waals surface area contributed by atoms with E-state index in [0.29, 0.717) is 36.6 Å². The fraction of sp³-hybridized carbons (Fsp3) is 0.333. The third kappa shape index (κ3) is 5.54. The zero-order chi connectivity index (χ0) is 20.6. The van der Waals surface area contributed by atoms with Gasteiger partial charge < -0.3 is 20.3 Å². The Morgan fingerprint density at radius 1 is 1.10 bits per heavy atom. The summed E-state index contributed by atoms with van der Waals surface area (Å²) in [6, 6.07) is 10.2. The molecular formula is C21H24N4O4. The number of nitrogens with zero attached hydrogens (tertiary/aromatic N) is 2. The van der Waals surface area contributed by atoms with E-state index in [9.17, 15) is 14.4 Å². The molecule has 3 rings (SSSR count). The molecule has 0 unspecified atom stereocenters. The van der Waals surface area contributed by atoms with Gasteiger partial charge in [-0.3, -0.25) is 19.4 Å². The van der Waals surface area contributed by atoms with E-state index in [0.717, 1.165) is 12.8 Å². The lowest BCUT2D eigenvalue weighted by atomic mass is 9.96. The molecule has 0 spiro atoms. The number of ether oxygens (including phenoxy) is 1. The molecule has 0 radical (unpaired) electrons. The van der Waals surface area contributed by atoms with Gasteiger partial charge >= 0.3 is 11.8 Å². The summed E-state index contributed by atoms with van der Waals surface area (Å²) in [6.45, 7) is 1.65. The van der Waals surface area contributed by atoms with Crippen molar-refractivity contribution in [3.63, 3.8) is 0 Å². The highest BCUT2D eigenvalue weighted by molar-refractivity contribution is 6.39. The molecule has 3 amide bonds. The highest BCUT2D eigenvalue weighted by Crippen LogP contribution is 2.19. The van der Waals surface area contributed by atoms with Crippen LogP contribution in [0.25, 0.3) is 0 Å². The topological polar surface area (TPSA) is 101 Å². The summed E-state index contributed by atoms with van der Waals surface area (Å²) in [5, 5.41) is 5.24. The molecular weight excluding hydrogens is 372 g/mol. The zero-order valence-corrected chi connectivity index (χ0v) is 16.3. The van der Waals surface area contributed by atoms with Crippen molar-refractivity contribution < 1.29 is 19.1 Å². The number of piperidine rings is 1. The number of pyridine rings is 1. The Labute approximate surface area is 169 Å². The molecule has 29 heavy (non-hydrogen) atoms. The number of nitrogens with one attached hydrogen (secondary N) is 2. The first-order chi connectivity index (χ1) is 14.1. The zero-order valence-electron chi connectivity index (χ0n) is 16.3. The van der Waals surface area contributed by atoms with Gasteiger partial charge in [-0.15, -0.1) is 0 Å². The van der Waals surface area contributed by atoms with Crippen molar-refractivity contribution >= 4 is 23.4 Å². The first-order valence-corrected chi connectivity index (χ1v) is 9.49. The van der Waals surface area contributed by atoms with Crippen molar-refractivity contribution in [3.8, 4) is 5.75 Å². The normalized spacial score (nSPS) is 14.2. The van der Waals surface area contributed by atoms with Gasteiger partial charge in [0.25, 0.3) is 5.91 Å². The number of likely N-dealkylation sites (tertiary alicyclic amines) is 1. The maximum Gasteiger partial charge on any atom is 0.313 e. The highest BCUT2D eigenvalue weighted by atomic mass is 16.5. The Balaban J connectivity index is 1.42. The van der Waals surface area contributed by atoms with E-state index in [1.165, 1.54) is 7.11 Å². The van der Waals surface area contributed by atoms with Crippen LogP contribution in [0.15, 0.2) is 48.8 Å². The molecule has 1 aliphatic rings. The van der Waals surface area contributed by atoms with Gasteiger partial charge in [0.2, 0.25) is 0 Å². The SMILES string of the molecule is COc1cccc(NC(=O)C(=O)NCC2CCN(C(=O)c3ccncc3)CC2)c1. The fourth-order valence-electron chi connectivity index (χ4n) is 3.22. The van der Waals surface area contributed by atoms with Gasteiger partial charge in [-0.05, 0) is 43.0 Å². The van der Waals surface area contributed by atoms with Crippen molar-refractivity contribution in [1.82, 2.24) is 15.2 Å². The predicted octanol–water partition coefficient (Wildman–Crippen LogP) is 1.70. The molecule has 8 nitrogen and oxygen atoms in total. The number of anilines is 1. The maximum atomic E-state index is 12.4. The second kappa shape index (κ2) is 9.68. The van der Waals surface area contributed by atoms with Crippen molar-refractivity contribution in [2.75, 3.05) is 32.1 Å². The molecule has 2 aromatic rings. The second-order valence-electron chi connectivity index (χ2n) is 6.87. The summed E-state index contributed by atoms with van der Waals surface area (Å²) in [6.07, 6.45) is 4.75. The summed E-state index contributed by atoms with van der Waals surface area (Å²) >= 11 is 0. The minimum absolute atomic E-state index is 0.00690. The van der Waals surface area contributed by atoms with Gasteiger partial charge in [-0.1, -0.05) is 6.07 Å². The molecule has 1 aromatic heterocycles. The molecule has 0 atom stereocenters. The third-order valence-corrected chi connectivity index (χ3v) is 4.91. The van der Waals surface area contributed by atoms with Gasteiger partial charge in [-0.2, -0.15) is 0 Å². The Kier molecular flexibility index (Phi) is 6.78. The van der Waals surface area contributed by atoms with Gasteiger partial charge in [0.1, 0.15) is 5.75 Å². The predicted molar refractivity (Wildman–Crippen MR) is 107 cm³/mol. The number of carbonyl (C=O) groups is 3. The summed E-state index contributed by atoms with van der Waals surface area (Å²) in [7, 11) is 1.53. The van der Waals surface area contributed by atoms with Crippen LogP contribution in [-0.2, 0) is 9.59 Å². The van der Waals surface area contributed by atoms with Crippen LogP contribution in [0, 0.1) is 5.92 Å². The minimum atomic E-state index is -0.719. The van der Waals surface area contributed by atoms with E-state index in [4.69, 9.17) is 4.74 Å². The van der Waals surface area contributed by atoms with Crippen molar-refractivity contribution in [1.29, 1.82) is 0 Å². The molecule has 2 heterocycles. The smallest absolute Gasteiger partial charge is 0.313 e. The van der Waals surface area contributed by atoms with E-state index in [1.807, 2.05) is 4.90 Å². The van der Waals surface area contributed by atoms with Crippen molar-refractivity contribution in [3.05, 3.63) is 54.4 Å². The van der Waals surface area contributed by atoms with Crippen LogP contribution in [0.3, 0.4) is 0 Å². The molecule has 1 aliphatic heterocycles. The van der Waals surface area contributed by atoms with Crippen LogP contribution in [0.2, 0.25) is 0 Å². The Morgan fingerprint density at radius 3 is 2.52 bits per heavy atom. The fourth-order valence-corrected chi connectivity index (χ4v) is 3.22. The van der Waals surface area contributed by atoms with Crippen molar-refractivity contribution in [2.24, 2.45) is 5.92 Å². The van der Waals surface area contributed by atoms with Gasteiger partial charge in [-0.25, -0.2) is 0 Å². The van der Waals surface area contributed by atoms with E-state index < -0.39 is 11.8 Å². The number of methoxy groups -OCH3 is 1. The number of hydrogen-bond acceptors (Lipinski definition) is 5. The van der Waals surface area contributed by atoms with E-state index in [1.54, 1.807) is 48.8 Å². The standard InChI is InChI=1S/C21H24N4O4/c1-29-18-4-2-3-17(13-18)24-20(27)19(26)23-14-15-7-11-25(12-8-15)21(28)16-5-9-22-10-6-16/h2-6,9-10,13,15H,7-8,11-12,14H2,1H3,(H,23,26)(H,24,27). The number of rotatable bonds is 5. The number of amides is 3. The highest BCUT2D eigenvalue weighted by Gasteiger charge is 2.24. The van der Waals surface area contributed by atoms with E-state index in [-0.39, 0.29) is 11.8 Å². The summed E-state index contributed by atoms with van der Waals surface area (Å²) < 4.78 is 5.09. The van der Waals surface area contributed by atoms with Gasteiger partial charge in [0, 0.05) is 49.3 Å². The van der Waals surface area contributed by atoms with Crippen LogP contribution in [0.4, 0.5) is 5.69 Å². The van der Waals surface area contributed by atoms with Crippen LogP contribution >= 0.6 is 0 Å². The van der Waals surface area contributed by atoms with Gasteiger partial charge in [0.05, 0.1) is 7.11 Å². The molecule has 1 fully saturated rings. The Bertz CT molecular complexity index is 864. The molecule has 0 saturated carbocycles. The van der Waals surface area contributed by atoms with Crippen molar-refractivity contribution in [2.45, 2.75) is 12.8 Å². The molecule has 152 valence electrons. The molecule has 8 heteroatoms. The summed E-state index contributed by atoms with van der Waals surface area (Å²) in [5.41, 5.74) is 1.12. The van der Waals surface area contributed by atoms with Crippen LogP contribution in [0.5, 0.6) is 5.75 Å². The lowest BCUT2D eigenvalue weighted by molar-refractivity contribution is -0.136. The van der Waals surface area contributed by atoms with Gasteiger partial charge in [0.15, 0.2) is 0 Å². The first kappa shape index (κ1) is 20.3. The molecule has 0 bridgehead atoms. The quantitative estimate of drug-likeness (QED) is 0.749. The Hall–Kier alpha value is -3.42. The average molecular weight is 396 g/mol. The minimum Gasteiger partial charge on any atom is -0.497 e. The molecule has 2 N–H and O–H groups in total. The first-order valence-electron chi connectivity index (χ1n) is 9.49. The number of aromatic nitrogens is 1. The van der Waals surface area contributed by atoms with Crippen LogP contribution < -0.4 is 15.4 Å². The number of carbonyl (C=O) groups excluding carboxylic acids is 3. The summed E-state index contributed by atoms with van der Waals surface area (Å²) in [4.78, 5) is 42.3. The number of benzene rings is 1. The molecule has 1 aromatic carbocycles.